The first-order valence-corrected chi connectivity index (χ1v) is 13.8. The summed E-state index contributed by atoms with van der Waals surface area (Å²) >= 11 is 6.27. The van der Waals surface area contributed by atoms with E-state index in [2.05, 4.69) is 10.6 Å². The van der Waals surface area contributed by atoms with Crippen molar-refractivity contribution in [3.05, 3.63) is 76.8 Å². The summed E-state index contributed by atoms with van der Waals surface area (Å²) < 4.78 is 6.44. The molecule has 3 fully saturated rings. The number of hydrogen-bond acceptors (Lipinski definition) is 4. The Labute approximate surface area is 227 Å². The zero-order chi connectivity index (χ0) is 26.4. The van der Waals surface area contributed by atoms with Crippen LogP contribution in [0.1, 0.15) is 43.2 Å². The summed E-state index contributed by atoms with van der Waals surface area (Å²) in [5.41, 5.74) is 1.21. The molecule has 0 radical (unpaired) electrons. The molecule has 8 heteroatoms. The predicted molar refractivity (Wildman–Crippen MR) is 144 cm³/mol. The Morgan fingerprint density at radius 2 is 1.84 bits per heavy atom. The highest BCUT2D eigenvalue weighted by atomic mass is 35.5. The molecule has 3 heterocycles. The maximum absolute atomic E-state index is 14.1. The van der Waals surface area contributed by atoms with Crippen LogP contribution in [-0.4, -0.2) is 46.4 Å². The third-order valence-corrected chi connectivity index (χ3v) is 8.92. The van der Waals surface area contributed by atoms with Crippen LogP contribution in [0.25, 0.3) is 0 Å². The van der Waals surface area contributed by atoms with Gasteiger partial charge in [0.25, 0.3) is 0 Å². The summed E-state index contributed by atoms with van der Waals surface area (Å²) in [6.45, 7) is 2.16. The SMILES string of the molecule is Cc1ccc(NC(=O)[C@@H]2[C@H]3C=C[C@]4(O3)[C@H](C(=O)NC3CCCCC3)N(Cc3ccccc3)C(=O)[C@@H]24)cc1Cl. The molecule has 2 aromatic rings. The minimum absolute atomic E-state index is 0.0911. The van der Waals surface area contributed by atoms with Gasteiger partial charge in [0.1, 0.15) is 11.6 Å². The number of nitrogens with one attached hydrogen (secondary N) is 2. The molecular weight excluding hydrogens is 502 g/mol. The first-order chi connectivity index (χ1) is 18.4. The van der Waals surface area contributed by atoms with Crippen LogP contribution in [0.2, 0.25) is 5.02 Å². The van der Waals surface area contributed by atoms with Crippen LogP contribution in [0.3, 0.4) is 0 Å². The number of nitrogens with zero attached hydrogens (tertiary/aromatic N) is 1. The molecule has 6 rings (SSSR count). The summed E-state index contributed by atoms with van der Waals surface area (Å²) in [6, 6.07) is 14.2. The maximum atomic E-state index is 14.1. The van der Waals surface area contributed by atoms with Crippen molar-refractivity contribution in [2.24, 2.45) is 11.8 Å². The fraction of sp³-hybridized carbons (Fsp3) is 0.433. The Kier molecular flexibility index (Phi) is 6.52. The third kappa shape index (κ3) is 4.22. The van der Waals surface area contributed by atoms with Gasteiger partial charge in [0, 0.05) is 23.3 Å². The van der Waals surface area contributed by atoms with E-state index in [-0.39, 0.29) is 30.3 Å². The molecule has 5 atom stereocenters. The number of hydrogen-bond donors (Lipinski definition) is 2. The Hall–Kier alpha value is -3.16. The van der Waals surface area contributed by atoms with Gasteiger partial charge in [-0.15, -0.1) is 0 Å². The molecule has 38 heavy (non-hydrogen) atoms. The van der Waals surface area contributed by atoms with E-state index in [1.165, 1.54) is 6.42 Å². The lowest BCUT2D eigenvalue weighted by Gasteiger charge is -2.34. The molecule has 1 spiro atoms. The average Bonchev–Trinajstić information content (AvgIpc) is 3.55. The van der Waals surface area contributed by atoms with Gasteiger partial charge < -0.3 is 20.3 Å². The maximum Gasteiger partial charge on any atom is 0.246 e. The van der Waals surface area contributed by atoms with Crippen LogP contribution in [-0.2, 0) is 25.7 Å². The van der Waals surface area contributed by atoms with Crippen molar-refractivity contribution in [1.29, 1.82) is 0 Å². The number of halogens is 1. The lowest BCUT2D eigenvalue weighted by Crippen LogP contribution is -2.56. The first kappa shape index (κ1) is 25.1. The minimum Gasteiger partial charge on any atom is -0.359 e. The fourth-order valence-electron chi connectivity index (χ4n) is 6.64. The van der Waals surface area contributed by atoms with E-state index in [1.54, 1.807) is 17.0 Å². The second-order valence-electron chi connectivity index (χ2n) is 10.9. The standard InChI is InChI=1S/C30H32ClN3O4/c1-18-12-13-21(16-22(18)31)33-27(35)24-23-14-15-30(38-23)25(24)29(37)34(17-19-8-4-2-5-9-19)26(30)28(36)32-20-10-6-3-7-11-20/h2,4-5,8-9,12-16,20,23-26H,3,6-7,10-11,17H2,1H3,(H,32,36)(H,33,35)/t23-,24-,25-,26+,30-/m1/s1. The molecule has 3 aliphatic heterocycles. The molecule has 7 nitrogen and oxygen atoms in total. The van der Waals surface area contributed by atoms with Crippen LogP contribution in [0.5, 0.6) is 0 Å². The summed E-state index contributed by atoms with van der Waals surface area (Å²) in [4.78, 5) is 43.2. The second-order valence-corrected chi connectivity index (χ2v) is 11.4. The molecule has 198 valence electrons. The average molecular weight is 534 g/mol. The number of benzene rings is 2. The first-order valence-electron chi connectivity index (χ1n) is 13.5. The van der Waals surface area contributed by atoms with Crippen molar-refractivity contribution in [3.8, 4) is 0 Å². The van der Waals surface area contributed by atoms with E-state index in [1.807, 2.05) is 55.5 Å². The molecule has 2 N–H and O–H groups in total. The van der Waals surface area contributed by atoms with Crippen LogP contribution in [0.15, 0.2) is 60.7 Å². The topological polar surface area (TPSA) is 87.7 Å². The predicted octanol–water partition coefficient (Wildman–Crippen LogP) is 4.39. The van der Waals surface area contributed by atoms with Gasteiger partial charge in [-0.05, 0) is 43.0 Å². The molecule has 3 amide bonds. The van der Waals surface area contributed by atoms with Crippen LogP contribution >= 0.6 is 11.6 Å². The van der Waals surface area contributed by atoms with Crippen LogP contribution < -0.4 is 10.6 Å². The van der Waals surface area contributed by atoms with Crippen molar-refractivity contribution in [2.45, 2.75) is 69.4 Å². The number of carbonyl (C=O) groups excluding carboxylic acids is 3. The van der Waals surface area contributed by atoms with E-state index in [9.17, 15) is 14.4 Å². The lowest BCUT2D eigenvalue weighted by atomic mass is 9.74. The van der Waals surface area contributed by atoms with E-state index >= 15 is 0 Å². The van der Waals surface area contributed by atoms with Gasteiger partial charge >= 0.3 is 0 Å². The zero-order valence-corrected chi connectivity index (χ0v) is 22.1. The number of amides is 3. The second kappa shape index (κ2) is 9.86. The third-order valence-electron chi connectivity index (χ3n) is 8.51. The molecule has 2 bridgehead atoms. The van der Waals surface area contributed by atoms with Gasteiger partial charge in [0.2, 0.25) is 17.7 Å². The zero-order valence-electron chi connectivity index (χ0n) is 21.4. The van der Waals surface area contributed by atoms with Gasteiger partial charge in [-0.25, -0.2) is 0 Å². The van der Waals surface area contributed by atoms with E-state index in [0.717, 1.165) is 36.8 Å². The molecule has 1 saturated carbocycles. The Morgan fingerprint density at radius 1 is 1.08 bits per heavy atom. The van der Waals surface area contributed by atoms with Crippen molar-refractivity contribution >= 4 is 35.0 Å². The van der Waals surface area contributed by atoms with Gasteiger partial charge in [0.15, 0.2) is 0 Å². The Morgan fingerprint density at radius 3 is 2.58 bits per heavy atom. The molecule has 2 aromatic carbocycles. The smallest absolute Gasteiger partial charge is 0.246 e. The fourth-order valence-corrected chi connectivity index (χ4v) is 6.82. The highest BCUT2D eigenvalue weighted by Crippen LogP contribution is 2.55. The quantitative estimate of drug-likeness (QED) is 0.539. The highest BCUT2D eigenvalue weighted by molar-refractivity contribution is 6.31. The highest BCUT2D eigenvalue weighted by Gasteiger charge is 2.72. The molecule has 4 aliphatic rings. The number of carbonyl (C=O) groups is 3. The molecule has 0 aromatic heterocycles. The molecular formula is C30H32ClN3O4. The van der Waals surface area contributed by atoms with Crippen molar-refractivity contribution < 1.29 is 19.1 Å². The van der Waals surface area contributed by atoms with Gasteiger partial charge in [0.05, 0.1) is 17.9 Å². The Balaban J connectivity index is 1.32. The number of anilines is 1. The summed E-state index contributed by atoms with van der Waals surface area (Å²) in [5, 5.41) is 6.70. The van der Waals surface area contributed by atoms with Crippen LogP contribution in [0, 0.1) is 18.8 Å². The number of rotatable bonds is 6. The van der Waals surface area contributed by atoms with Gasteiger partial charge in [-0.3, -0.25) is 14.4 Å². The van der Waals surface area contributed by atoms with Crippen molar-refractivity contribution in [3.63, 3.8) is 0 Å². The number of likely N-dealkylation sites (tertiary alicyclic amines) is 1. The van der Waals surface area contributed by atoms with Gasteiger partial charge in [-0.2, -0.15) is 0 Å². The largest absolute Gasteiger partial charge is 0.359 e. The Bertz CT molecular complexity index is 1290. The summed E-state index contributed by atoms with van der Waals surface area (Å²) in [5.74, 6) is -2.29. The summed E-state index contributed by atoms with van der Waals surface area (Å²) in [6.07, 6.45) is 8.33. The monoisotopic (exact) mass is 533 g/mol. The summed E-state index contributed by atoms with van der Waals surface area (Å²) in [7, 11) is 0. The molecule has 1 aliphatic carbocycles. The number of fused-ring (bicyclic) bond motifs is 1. The molecule has 0 unspecified atom stereocenters. The van der Waals surface area contributed by atoms with Crippen molar-refractivity contribution in [2.75, 3.05) is 5.32 Å². The van der Waals surface area contributed by atoms with Crippen LogP contribution in [0.4, 0.5) is 5.69 Å². The van der Waals surface area contributed by atoms with Crippen molar-refractivity contribution in [1.82, 2.24) is 10.2 Å². The normalized spacial score (nSPS) is 29.9. The van der Waals surface area contributed by atoms with Gasteiger partial charge in [-0.1, -0.05) is 79.4 Å². The number of ether oxygens (including phenoxy) is 1. The number of aryl methyl sites for hydroxylation is 1. The van der Waals surface area contributed by atoms with E-state index in [0.29, 0.717) is 10.7 Å². The lowest BCUT2D eigenvalue weighted by molar-refractivity contribution is -0.142. The van der Waals surface area contributed by atoms with E-state index < -0.39 is 29.6 Å². The van der Waals surface area contributed by atoms with E-state index in [4.69, 9.17) is 16.3 Å². The molecule has 2 saturated heterocycles. The minimum atomic E-state index is -1.18.